The number of hydrogen-bond acceptors (Lipinski definition) is 17. The average molecular weight is 963 g/mol. The number of nitrogens with two attached hydrogens (primary N) is 1. The Hall–Kier alpha value is -3.44. The van der Waals surface area contributed by atoms with Crippen LogP contribution >= 0.6 is 0 Å². The van der Waals surface area contributed by atoms with Crippen LogP contribution in [0.25, 0.3) is 0 Å². The minimum atomic E-state index is -2.24. The van der Waals surface area contributed by atoms with Crippen LogP contribution in [0, 0.1) is 17.8 Å². The fraction of sp³-hybridized carbons (Fsp3) is 0.680. The first-order valence-electron chi connectivity index (χ1n) is 23.9. The molecular weight excluding hydrogens is 885 g/mol. The number of aliphatic hydroxyl groups is 10. The lowest BCUT2D eigenvalue weighted by Crippen LogP contribution is -2.62. The number of nitrogens with one attached hydrogen (secondary N) is 1. The maximum absolute atomic E-state index is 13.6. The van der Waals surface area contributed by atoms with Gasteiger partial charge in [-0.1, -0.05) is 98.9 Å². The van der Waals surface area contributed by atoms with Crippen LogP contribution in [0.3, 0.4) is 0 Å². The molecule has 2 saturated heterocycles. The number of allylic oxidation sites excluding steroid dienone is 12. The van der Waals surface area contributed by atoms with Crippen molar-refractivity contribution in [1.29, 1.82) is 0 Å². The van der Waals surface area contributed by atoms with Crippen LogP contribution < -0.4 is 11.1 Å². The second-order valence-corrected chi connectivity index (χ2v) is 19.0. The smallest absolute Gasteiger partial charge is 0.308 e. The van der Waals surface area contributed by atoms with Crippen molar-refractivity contribution in [1.82, 2.24) is 5.32 Å². The van der Waals surface area contributed by atoms with Crippen LogP contribution in [0.1, 0.15) is 91.9 Å². The molecule has 384 valence electrons. The van der Waals surface area contributed by atoms with Gasteiger partial charge in [-0.2, -0.15) is 0 Å². The summed E-state index contributed by atoms with van der Waals surface area (Å²) < 4.78 is 23.7. The van der Waals surface area contributed by atoms with Crippen LogP contribution in [0.4, 0.5) is 0 Å². The number of fused-ring (bicyclic) bond motifs is 2. The summed E-state index contributed by atoms with van der Waals surface area (Å²) in [4.78, 5) is 26.3. The largest absolute Gasteiger partial charge is 0.462 e. The molecule has 3 heterocycles. The molecule has 68 heavy (non-hydrogen) atoms. The fourth-order valence-corrected chi connectivity index (χ4v) is 8.51. The Labute approximate surface area is 399 Å². The predicted octanol–water partition coefficient (Wildman–Crippen LogP) is 0.906. The van der Waals surface area contributed by atoms with Crippen molar-refractivity contribution in [2.24, 2.45) is 23.5 Å². The summed E-state index contributed by atoms with van der Waals surface area (Å²) in [7, 11) is 0. The standard InChI is InChI=1S/C50H78N2O16/c1-29-17-15-13-11-9-7-5-6-8-10-12-14-16-18-37(67-49-47(62)44(51)46(61)32(4)66-49)26-41-43(48(63)52-33-19-20-33)40(58)28-50(64,68-41)27-36(55)24-39(57)38(56)22-21-34(53)23-35(54)25-42(59)65-31(3)30(2)45(29)60/h5-18,29-41,43-47,49,53-58,60-62,64H,19-28,51H2,1-4H3,(H,52,63)/b6-5+,9-7+,10-8+,13-11+,14-12+,17-15+,18-16+/t29-,30-,31-,32+,34+,35+,36-,37-,38+,39+,40-,41-,43+,44-,45+,46+,47-,49-,50+/m0/s1. The van der Waals surface area contributed by atoms with Crippen molar-refractivity contribution in [3.05, 3.63) is 85.1 Å². The maximum atomic E-state index is 13.6. The molecule has 0 unspecified atom stereocenters. The summed E-state index contributed by atoms with van der Waals surface area (Å²) in [5, 5.41) is 112. The second kappa shape index (κ2) is 27.8. The van der Waals surface area contributed by atoms with Gasteiger partial charge in [-0.25, -0.2) is 0 Å². The second-order valence-electron chi connectivity index (χ2n) is 19.0. The Morgan fingerprint density at radius 2 is 1.25 bits per heavy atom. The minimum Gasteiger partial charge on any atom is -0.462 e. The lowest BCUT2D eigenvalue weighted by atomic mass is 9.82. The van der Waals surface area contributed by atoms with Crippen molar-refractivity contribution in [2.45, 2.75) is 195 Å². The highest BCUT2D eigenvalue weighted by Crippen LogP contribution is 2.39. The van der Waals surface area contributed by atoms with E-state index in [-0.39, 0.29) is 37.6 Å². The van der Waals surface area contributed by atoms with E-state index in [9.17, 15) is 60.7 Å². The lowest BCUT2D eigenvalue weighted by molar-refractivity contribution is -0.307. The topological polar surface area (TPSA) is 311 Å². The Morgan fingerprint density at radius 1 is 0.662 bits per heavy atom. The Kier molecular flexibility index (Phi) is 23.4. The van der Waals surface area contributed by atoms with Crippen molar-refractivity contribution in [3.63, 3.8) is 0 Å². The molecule has 13 N–H and O–H groups in total. The zero-order chi connectivity index (χ0) is 50.1. The van der Waals surface area contributed by atoms with Gasteiger partial charge >= 0.3 is 5.97 Å². The molecule has 1 amide bonds. The van der Waals surface area contributed by atoms with E-state index in [1.54, 1.807) is 63.3 Å². The van der Waals surface area contributed by atoms with Gasteiger partial charge in [-0.15, -0.1) is 0 Å². The highest BCUT2D eigenvalue weighted by Gasteiger charge is 2.51. The molecule has 0 radical (unpaired) electrons. The summed E-state index contributed by atoms with van der Waals surface area (Å²) in [6.45, 7) is 6.81. The Morgan fingerprint density at radius 3 is 1.85 bits per heavy atom. The molecule has 2 bridgehead atoms. The molecule has 0 aromatic carbocycles. The van der Waals surface area contributed by atoms with Crippen LogP contribution in [-0.4, -0.2) is 166 Å². The SMILES string of the molecule is C[C@@H]1[C@H](O)[C@@H](C)/C=C/C=C/C=C/C=C/C=C/C=C/C=C/[C@H](O[C@@H]2O[C@H](C)[C@@H](O)[C@H](N)[C@@H]2O)C[C@@H]2O[C@](O)(C[C@@H](O)C[C@@H](O)[C@H](O)CC[C@@H](O)C[C@@H](O)CC(=O)O[C@H]1C)C[C@H](O)[C@H]2C(=O)NC1CC1. The maximum Gasteiger partial charge on any atom is 0.308 e. The van der Waals surface area contributed by atoms with Crippen LogP contribution in [0.5, 0.6) is 0 Å². The molecule has 18 heteroatoms. The number of esters is 1. The van der Waals surface area contributed by atoms with Crippen molar-refractivity contribution in [3.8, 4) is 0 Å². The molecule has 4 rings (SSSR count). The first kappa shape index (κ1) is 57.1. The summed E-state index contributed by atoms with van der Waals surface area (Å²) >= 11 is 0. The van der Waals surface area contributed by atoms with Crippen molar-refractivity contribution >= 4 is 11.9 Å². The molecule has 1 aliphatic carbocycles. The quantitative estimate of drug-likeness (QED) is 0.174. The fourth-order valence-electron chi connectivity index (χ4n) is 8.51. The zero-order valence-corrected chi connectivity index (χ0v) is 39.6. The van der Waals surface area contributed by atoms with Crippen LogP contribution in [-0.2, 0) is 28.5 Å². The van der Waals surface area contributed by atoms with E-state index in [1.807, 2.05) is 49.5 Å². The highest BCUT2D eigenvalue weighted by atomic mass is 16.7. The number of carbonyl (C=O) groups excluding carboxylic acids is 2. The van der Waals surface area contributed by atoms with E-state index < -0.39 is 147 Å². The van der Waals surface area contributed by atoms with Gasteiger partial charge in [0.2, 0.25) is 5.91 Å². The number of hydrogen-bond donors (Lipinski definition) is 12. The van der Waals surface area contributed by atoms with E-state index in [1.165, 1.54) is 0 Å². The third kappa shape index (κ3) is 18.7. The van der Waals surface area contributed by atoms with Crippen molar-refractivity contribution < 1.29 is 79.6 Å². The predicted molar refractivity (Wildman–Crippen MR) is 251 cm³/mol. The number of carbonyl (C=O) groups is 2. The minimum absolute atomic E-state index is 0.0849. The monoisotopic (exact) mass is 963 g/mol. The van der Waals surface area contributed by atoms with Gasteiger partial charge in [0.1, 0.15) is 12.2 Å². The number of ether oxygens (including phenoxy) is 4. The molecule has 0 aromatic rings. The van der Waals surface area contributed by atoms with E-state index in [2.05, 4.69) is 5.32 Å². The number of aliphatic hydroxyl groups excluding tert-OH is 9. The molecule has 1 saturated carbocycles. The Bertz CT molecular complexity index is 1770. The van der Waals surface area contributed by atoms with E-state index in [4.69, 9.17) is 24.7 Å². The third-order valence-corrected chi connectivity index (χ3v) is 13.0. The molecule has 18 nitrogen and oxygen atoms in total. The molecule has 0 spiro atoms. The number of cyclic esters (lactones) is 1. The lowest BCUT2D eigenvalue weighted by Gasteiger charge is -2.46. The first-order valence-corrected chi connectivity index (χ1v) is 23.9. The van der Waals surface area contributed by atoms with Gasteiger partial charge in [0.05, 0.1) is 85.5 Å². The highest BCUT2D eigenvalue weighted by molar-refractivity contribution is 5.80. The first-order chi connectivity index (χ1) is 32.2. The van der Waals surface area contributed by atoms with Gasteiger partial charge in [-0.05, 0) is 46.0 Å². The summed E-state index contributed by atoms with van der Waals surface area (Å²) in [5.74, 6) is -5.40. The molecular formula is C50H78N2O16. The van der Waals surface area contributed by atoms with Crippen LogP contribution in [0.15, 0.2) is 85.1 Å². The van der Waals surface area contributed by atoms with Gasteiger partial charge < -0.3 is 81.1 Å². The zero-order valence-electron chi connectivity index (χ0n) is 39.6. The number of amides is 1. The molecule has 3 fully saturated rings. The van der Waals surface area contributed by atoms with Gasteiger partial charge in [0, 0.05) is 43.6 Å². The summed E-state index contributed by atoms with van der Waals surface area (Å²) in [6.07, 6.45) is 6.77. The molecule has 4 aliphatic rings. The van der Waals surface area contributed by atoms with E-state index in [0.29, 0.717) is 0 Å². The third-order valence-electron chi connectivity index (χ3n) is 13.0. The molecule has 19 atom stereocenters. The molecule has 3 aliphatic heterocycles. The van der Waals surface area contributed by atoms with Gasteiger partial charge in [-0.3, -0.25) is 9.59 Å². The van der Waals surface area contributed by atoms with Gasteiger partial charge in [0.25, 0.3) is 0 Å². The Balaban J connectivity index is 1.57. The van der Waals surface area contributed by atoms with E-state index >= 15 is 0 Å². The van der Waals surface area contributed by atoms with E-state index in [0.717, 1.165) is 12.8 Å². The average Bonchev–Trinajstić information content (AvgIpc) is 4.08. The number of rotatable bonds is 4. The normalized spacial score (nSPS) is 45.1. The van der Waals surface area contributed by atoms with Crippen molar-refractivity contribution in [2.75, 3.05) is 0 Å². The van der Waals surface area contributed by atoms with Gasteiger partial charge in [0.15, 0.2) is 12.1 Å². The summed E-state index contributed by atoms with van der Waals surface area (Å²) in [6, 6.07) is -1.20. The molecule has 0 aromatic heterocycles. The van der Waals surface area contributed by atoms with Crippen LogP contribution in [0.2, 0.25) is 0 Å². The summed E-state index contributed by atoms with van der Waals surface area (Å²) in [5.41, 5.74) is 6.09.